The molecule has 19 heavy (non-hydrogen) atoms. The fourth-order valence-corrected chi connectivity index (χ4v) is 2.63. The number of carbonyl (C=O) groups is 1. The number of H-pyrrole nitrogens is 1. The zero-order valence-corrected chi connectivity index (χ0v) is 12.4. The molecule has 100 valence electrons. The number of rotatable bonds is 4. The van der Waals surface area contributed by atoms with Gasteiger partial charge in [0, 0.05) is 4.47 Å². The first-order valence-electron chi connectivity index (χ1n) is 4.95. The highest BCUT2D eigenvalue weighted by atomic mass is 79.9. The largest absolute Gasteiger partial charge is 0.473 e. The van der Waals surface area contributed by atoms with Crippen molar-refractivity contribution in [2.75, 3.05) is 0 Å². The SMILES string of the molecule is O=Cc1c(OCc2c(F)cc(Br)cc2F)[nH]sc1=S. The summed E-state index contributed by atoms with van der Waals surface area (Å²) >= 11 is 8.92. The second-order valence-corrected chi connectivity index (χ2v) is 5.89. The molecule has 0 aliphatic carbocycles. The Morgan fingerprint density at radius 2 is 2.05 bits per heavy atom. The third-order valence-corrected chi connectivity index (χ3v) is 3.91. The highest BCUT2D eigenvalue weighted by Crippen LogP contribution is 2.24. The van der Waals surface area contributed by atoms with Crippen LogP contribution in [-0.2, 0) is 6.61 Å². The van der Waals surface area contributed by atoms with E-state index in [0.29, 0.717) is 14.6 Å². The van der Waals surface area contributed by atoms with Crippen molar-refractivity contribution < 1.29 is 18.3 Å². The van der Waals surface area contributed by atoms with Crippen LogP contribution in [0.5, 0.6) is 5.88 Å². The third kappa shape index (κ3) is 3.07. The average molecular weight is 366 g/mol. The van der Waals surface area contributed by atoms with Gasteiger partial charge in [-0.2, -0.15) is 0 Å². The summed E-state index contributed by atoms with van der Waals surface area (Å²) in [5.74, 6) is -1.34. The predicted octanol–water partition coefficient (Wildman–Crippen LogP) is 4.24. The first-order chi connectivity index (χ1) is 9.02. The highest BCUT2D eigenvalue weighted by Gasteiger charge is 2.14. The smallest absolute Gasteiger partial charge is 0.213 e. The second kappa shape index (κ2) is 5.89. The van der Waals surface area contributed by atoms with E-state index in [1.165, 1.54) is 0 Å². The zero-order valence-electron chi connectivity index (χ0n) is 9.21. The van der Waals surface area contributed by atoms with Crippen LogP contribution in [0.1, 0.15) is 15.9 Å². The van der Waals surface area contributed by atoms with Gasteiger partial charge < -0.3 is 4.74 Å². The Kier molecular flexibility index (Phi) is 4.43. The molecule has 0 saturated heterocycles. The van der Waals surface area contributed by atoms with E-state index >= 15 is 0 Å². The maximum atomic E-state index is 13.6. The summed E-state index contributed by atoms with van der Waals surface area (Å²) in [6.07, 6.45) is 0.541. The number of hydrogen-bond donors (Lipinski definition) is 1. The molecule has 2 rings (SSSR count). The first kappa shape index (κ1) is 14.3. The number of ether oxygens (including phenoxy) is 1. The summed E-state index contributed by atoms with van der Waals surface area (Å²) < 4.78 is 35.6. The van der Waals surface area contributed by atoms with E-state index in [1.807, 2.05) is 0 Å². The molecule has 0 atom stereocenters. The van der Waals surface area contributed by atoms with E-state index in [9.17, 15) is 13.6 Å². The van der Waals surface area contributed by atoms with Gasteiger partial charge in [0.05, 0.1) is 5.56 Å². The lowest BCUT2D eigenvalue weighted by Crippen LogP contribution is -2.03. The minimum Gasteiger partial charge on any atom is -0.473 e. The number of hydrogen-bond acceptors (Lipinski definition) is 4. The maximum Gasteiger partial charge on any atom is 0.213 e. The summed E-state index contributed by atoms with van der Waals surface area (Å²) in [6.45, 7) is -0.339. The zero-order chi connectivity index (χ0) is 14.0. The van der Waals surface area contributed by atoms with Gasteiger partial charge in [-0.25, -0.2) is 8.78 Å². The molecular formula is C11H6BrF2NO2S2. The van der Waals surface area contributed by atoms with E-state index in [-0.39, 0.29) is 23.6 Å². The van der Waals surface area contributed by atoms with Crippen LogP contribution in [0.25, 0.3) is 0 Å². The van der Waals surface area contributed by atoms with Crippen LogP contribution in [0.15, 0.2) is 16.6 Å². The van der Waals surface area contributed by atoms with Gasteiger partial charge >= 0.3 is 0 Å². The fraction of sp³-hybridized carbons (Fsp3) is 0.0909. The van der Waals surface area contributed by atoms with Crippen molar-refractivity contribution in [2.24, 2.45) is 0 Å². The van der Waals surface area contributed by atoms with Gasteiger partial charge in [0.1, 0.15) is 27.6 Å². The van der Waals surface area contributed by atoms with Crippen molar-refractivity contribution in [2.45, 2.75) is 6.61 Å². The van der Waals surface area contributed by atoms with Gasteiger partial charge in [0.2, 0.25) is 5.88 Å². The molecule has 0 spiro atoms. The molecule has 0 amide bonds. The van der Waals surface area contributed by atoms with Crippen LogP contribution in [-0.4, -0.2) is 10.7 Å². The molecule has 0 bridgehead atoms. The summed E-state index contributed by atoms with van der Waals surface area (Å²) in [5.41, 5.74) is -0.0384. The Morgan fingerprint density at radius 1 is 1.42 bits per heavy atom. The molecular weight excluding hydrogens is 360 g/mol. The molecule has 1 heterocycles. The number of aromatic amines is 1. The van der Waals surface area contributed by atoms with Gasteiger partial charge in [-0.05, 0) is 23.7 Å². The second-order valence-electron chi connectivity index (χ2n) is 3.49. The van der Waals surface area contributed by atoms with Crippen molar-refractivity contribution in [1.82, 2.24) is 4.37 Å². The normalized spacial score (nSPS) is 10.5. The number of aromatic nitrogens is 1. The molecule has 0 radical (unpaired) electrons. The molecule has 2 aromatic rings. The van der Waals surface area contributed by atoms with E-state index in [1.54, 1.807) is 0 Å². The number of carbonyl (C=O) groups excluding carboxylic acids is 1. The quantitative estimate of drug-likeness (QED) is 0.650. The maximum absolute atomic E-state index is 13.6. The van der Waals surface area contributed by atoms with Gasteiger partial charge in [-0.1, -0.05) is 28.1 Å². The number of benzene rings is 1. The van der Waals surface area contributed by atoms with Gasteiger partial charge in [-0.15, -0.1) is 0 Å². The van der Waals surface area contributed by atoms with Crippen LogP contribution in [0, 0.1) is 15.5 Å². The summed E-state index contributed by atoms with van der Waals surface area (Å²) in [5, 5.41) is 0. The van der Waals surface area contributed by atoms with Crippen molar-refractivity contribution in [3.8, 4) is 5.88 Å². The van der Waals surface area contributed by atoms with Crippen molar-refractivity contribution in [3.05, 3.63) is 43.2 Å². The topological polar surface area (TPSA) is 42.1 Å². The monoisotopic (exact) mass is 365 g/mol. The molecule has 0 aliphatic heterocycles. The minimum atomic E-state index is -0.728. The Bertz CT molecular complexity index is 661. The summed E-state index contributed by atoms with van der Waals surface area (Å²) in [7, 11) is 0. The minimum absolute atomic E-state index is 0.117. The Labute approximate surface area is 124 Å². The predicted molar refractivity (Wildman–Crippen MR) is 73.3 cm³/mol. The highest BCUT2D eigenvalue weighted by molar-refractivity contribution is 9.10. The fourth-order valence-electron chi connectivity index (χ4n) is 1.36. The van der Waals surface area contributed by atoms with Crippen molar-refractivity contribution in [3.63, 3.8) is 0 Å². The molecule has 3 nitrogen and oxygen atoms in total. The van der Waals surface area contributed by atoms with Crippen LogP contribution in [0.3, 0.4) is 0 Å². The first-order valence-corrected chi connectivity index (χ1v) is 6.97. The summed E-state index contributed by atoms with van der Waals surface area (Å²) in [4.78, 5) is 10.8. The van der Waals surface area contributed by atoms with E-state index < -0.39 is 11.6 Å². The molecule has 0 saturated carbocycles. The lowest BCUT2D eigenvalue weighted by atomic mass is 10.2. The Balaban J connectivity index is 2.24. The Morgan fingerprint density at radius 3 is 2.63 bits per heavy atom. The van der Waals surface area contributed by atoms with Crippen LogP contribution in [0.4, 0.5) is 8.78 Å². The standard InChI is InChI=1S/C11H6BrF2NO2S2/c12-5-1-8(13)7(9(14)2-5)4-17-10-6(3-16)11(18)19-15-10/h1-3,15H,4H2. The van der Waals surface area contributed by atoms with Crippen molar-refractivity contribution in [1.29, 1.82) is 0 Å². The molecule has 1 N–H and O–H groups in total. The molecule has 0 aliphatic rings. The lowest BCUT2D eigenvalue weighted by Gasteiger charge is -2.07. The molecule has 0 unspecified atom stereocenters. The number of aldehydes is 1. The van der Waals surface area contributed by atoms with Gasteiger partial charge in [0.25, 0.3) is 0 Å². The third-order valence-electron chi connectivity index (χ3n) is 2.29. The average Bonchev–Trinajstić information content (AvgIpc) is 2.68. The number of nitrogens with one attached hydrogen (secondary N) is 1. The van der Waals surface area contributed by atoms with E-state index in [2.05, 4.69) is 20.3 Å². The molecule has 1 aromatic carbocycles. The van der Waals surface area contributed by atoms with Gasteiger partial charge in [0.15, 0.2) is 6.29 Å². The van der Waals surface area contributed by atoms with Crippen LogP contribution < -0.4 is 4.74 Å². The summed E-state index contributed by atoms with van der Waals surface area (Å²) in [6, 6.07) is 2.27. The van der Waals surface area contributed by atoms with Gasteiger partial charge in [-0.3, -0.25) is 9.17 Å². The lowest BCUT2D eigenvalue weighted by molar-refractivity contribution is 0.111. The molecule has 0 fully saturated rings. The Hall–Kier alpha value is -1.12. The number of halogens is 3. The van der Waals surface area contributed by atoms with Crippen LogP contribution >= 0.6 is 39.7 Å². The molecule has 8 heteroatoms. The van der Waals surface area contributed by atoms with Crippen LogP contribution in [0.2, 0.25) is 0 Å². The van der Waals surface area contributed by atoms with E-state index in [0.717, 1.165) is 23.7 Å². The van der Waals surface area contributed by atoms with Crippen molar-refractivity contribution >= 4 is 46.0 Å². The molecule has 1 aromatic heterocycles. The van der Waals surface area contributed by atoms with E-state index in [4.69, 9.17) is 17.0 Å².